The lowest BCUT2D eigenvalue weighted by Gasteiger charge is -2.20. The van der Waals surface area contributed by atoms with Crippen molar-refractivity contribution in [2.45, 2.75) is 25.7 Å². The van der Waals surface area contributed by atoms with Crippen LogP contribution in [0.3, 0.4) is 0 Å². The highest BCUT2D eigenvalue weighted by Crippen LogP contribution is 2.23. The quantitative estimate of drug-likeness (QED) is 0.742. The van der Waals surface area contributed by atoms with E-state index >= 15 is 0 Å². The number of aromatic nitrogens is 2. The Labute approximate surface area is 90.2 Å². The molecule has 2 rings (SSSR count). The van der Waals surface area contributed by atoms with E-state index in [-0.39, 0.29) is 0 Å². The minimum atomic E-state index is 0.470. The predicted octanol–water partition coefficient (Wildman–Crippen LogP) is 2.40. The SMILES string of the molecule is C=C(C)c1cnc(C2CCOCC2)nc1. The van der Waals surface area contributed by atoms with Crippen molar-refractivity contribution in [2.75, 3.05) is 13.2 Å². The van der Waals surface area contributed by atoms with E-state index in [2.05, 4.69) is 16.5 Å². The van der Waals surface area contributed by atoms with Crippen LogP contribution in [0.25, 0.3) is 5.57 Å². The second-order valence-corrected chi connectivity index (χ2v) is 4.00. The lowest BCUT2D eigenvalue weighted by Crippen LogP contribution is -2.16. The Morgan fingerprint density at radius 2 is 1.93 bits per heavy atom. The van der Waals surface area contributed by atoms with Crippen molar-refractivity contribution in [3.05, 3.63) is 30.4 Å². The number of hydrogen-bond acceptors (Lipinski definition) is 3. The highest BCUT2D eigenvalue weighted by molar-refractivity contribution is 5.59. The van der Waals surface area contributed by atoms with Crippen LogP contribution in [-0.2, 0) is 4.74 Å². The van der Waals surface area contributed by atoms with E-state index in [1.807, 2.05) is 19.3 Å². The highest BCUT2D eigenvalue weighted by Gasteiger charge is 2.18. The van der Waals surface area contributed by atoms with Crippen LogP contribution in [0.15, 0.2) is 19.0 Å². The second-order valence-electron chi connectivity index (χ2n) is 4.00. The normalized spacial score (nSPS) is 17.7. The maximum atomic E-state index is 5.31. The van der Waals surface area contributed by atoms with Crippen molar-refractivity contribution in [1.29, 1.82) is 0 Å². The lowest BCUT2D eigenvalue weighted by molar-refractivity contribution is 0.0836. The van der Waals surface area contributed by atoms with Gasteiger partial charge in [0, 0.05) is 37.1 Å². The molecule has 1 aromatic heterocycles. The average Bonchev–Trinajstić information content (AvgIpc) is 2.30. The molecule has 0 aromatic carbocycles. The molecular formula is C12H16N2O. The van der Waals surface area contributed by atoms with Crippen LogP contribution >= 0.6 is 0 Å². The fourth-order valence-electron chi connectivity index (χ4n) is 1.73. The summed E-state index contributed by atoms with van der Waals surface area (Å²) in [6.45, 7) is 7.49. The van der Waals surface area contributed by atoms with E-state index in [1.54, 1.807) is 0 Å². The third-order valence-electron chi connectivity index (χ3n) is 2.75. The summed E-state index contributed by atoms with van der Waals surface area (Å²) in [4.78, 5) is 8.79. The third kappa shape index (κ3) is 2.42. The minimum absolute atomic E-state index is 0.470. The first-order chi connectivity index (χ1) is 7.27. The standard InChI is InChI=1S/C12H16N2O/c1-9(2)11-7-13-12(14-8-11)10-3-5-15-6-4-10/h7-8,10H,1,3-6H2,2H3. The van der Waals surface area contributed by atoms with Gasteiger partial charge in [0.15, 0.2) is 0 Å². The monoisotopic (exact) mass is 204 g/mol. The Morgan fingerprint density at radius 1 is 1.33 bits per heavy atom. The van der Waals surface area contributed by atoms with Gasteiger partial charge in [-0.25, -0.2) is 9.97 Å². The summed E-state index contributed by atoms with van der Waals surface area (Å²) in [5.74, 6) is 1.42. The summed E-state index contributed by atoms with van der Waals surface area (Å²) in [7, 11) is 0. The molecule has 3 heteroatoms. The van der Waals surface area contributed by atoms with E-state index in [1.165, 1.54) is 0 Å². The van der Waals surface area contributed by atoms with Crippen LogP contribution in [0, 0.1) is 0 Å². The summed E-state index contributed by atoms with van der Waals surface area (Å²) in [6.07, 6.45) is 5.79. The van der Waals surface area contributed by atoms with Gasteiger partial charge in [-0.1, -0.05) is 6.58 Å². The largest absolute Gasteiger partial charge is 0.381 e. The van der Waals surface area contributed by atoms with Crippen LogP contribution in [0.2, 0.25) is 0 Å². The Hall–Kier alpha value is -1.22. The van der Waals surface area contributed by atoms with E-state index in [0.29, 0.717) is 5.92 Å². The molecule has 1 aliphatic rings. The first-order valence-electron chi connectivity index (χ1n) is 5.33. The third-order valence-corrected chi connectivity index (χ3v) is 2.75. The molecule has 0 N–H and O–H groups in total. The van der Waals surface area contributed by atoms with Crippen LogP contribution in [0.5, 0.6) is 0 Å². The average molecular weight is 204 g/mol. The summed E-state index contributed by atoms with van der Waals surface area (Å²) in [5.41, 5.74) is 2.03. The number of nitrogens with zero attached hydrogens (tertiary/aromatic N) is 2. The van der Waals surface area contributed by atoms with Gasteiger partial charge in [0.05, 0.1) is 0 Å². The molecule has 0 spiro atoms. The molecule has 0 atom stereocenters. The number of ether oxygens (including phenoxy) is 1. The zero-order chi connectivity index (χ0) is 10.7. The summed E-state index contributed by atoms with van der Waals surface area (Å²) < 4.78 is 5.31. The zero-order valence-electron chi connectivity index (χ0n) is 9.07. The van der Waals surface area contributed by atoms with Gasteiger partial charge in [-0.15, -0.1) is 0 Å². The highest BCUT2D eigenvalue weighted by atomic mass is 16.5. The molecule has 1 fully saturated rings. The Kier molecular flexibility index (Phi) is 3.11. The van der Waals surface area contributed by atoms with Crippen LogP contribution < -0.4 is 0 Å². The molecule has 1 aliphatic heterocycles. The number of hydrogen-bond donors (Lipinski definition) is 0. The summed E-state index contributed by atoms with van der Waals surface area (Å²) >= 11 is 0. The van der Waals surface area contributed by atoms with Crippen molar-refractivity contribution in [1.82, 2.24) is 9.97 Å². The van der Waals surface area contributed by atoms with Crippen molar-refractivity contribution >= 4 is 5.57 Å². The molecule has 0 amide bonds. The smallest absolute Gasteiger partial charge is 0.131 e. The molecule has 0 radical (unpaired) electrons. The molecule has 15 heavy (non-hydrogen) atoms. The van der Waals surface area contributed by atoms with Crippen molar-refractivity contribution in [2.24, 2.45) is 0 Å². The lowest BCUT2D eigenvalue weighted by atomic mass is 9.99. The predicted molar refractivity (Wildman–Crippen MR) is 59.5 cm³/mol. The molecule has 0 aliphatic carbocycles. The molecule has 1 saturated heterocycles. The van der Waals surface area contributed by atoms with Gasteiger partial charge in [-0.05, 0) is 25.3 Å². The molecule has 0 saturated carbocycles. The number of allylic oxidation sites excluding steroid dienone is 1. The zero-order valence-corrected chi connectivity index (χ0v) is 9.07. The second kappa shape index (κ2) is 4.53. The van der Waals surface area contributed by atoms with E-state index in [0.717, 1.165) is 43.0 Å². The van der Waals surface area contributed by atoms with Gasteiger partial charge in [-0.3, -0.25) is 0 Å². The van der Waals surface area contributed by atoms with Gasteiger partial charge >= 0.3 is 0 Å². The Balaban J connectivity index is 2.11. The number of rotatable bonds is 2. The van der Waals surface area contributed by atoms with Crippen molar-refractivity contribution in [3.63, 3.8) is 0 Å². The van der Waals surface area contributed by atoms with Gasteiger partial charge in [0.2, 0.25) is 0 Å². The van der Waals surface area contributed by atoms with E-state index in [9.17, 15) is 0 Å². The molecular weight excluding hydrogens is 188 g/mol. The molecule has 1 aromatic rings. The van der Waals surface area contributed by atoms with E-state index < -0.39 is 0 Å². The topological polar surface area (TPSA) is 35.0 Å². The van der Waals surface area contributed by atoms with Crippen LogP contribution in [0.1, 0.15) is 37.1 Å². The fourth-order valence-corrected chi connectivity index (χ4v) is 1.73. The van der Waals surface area contributed by atoms with Gasteiger partial charge < -0.3 is 4.74 Å². The first kappa shape index (κ1) is 10.3. The van der Waals surface area contributed by atoms with Crippen LogP contribution in [-0.4, -0.2) is 23.2 Å². The van der Waals surface area contributed by atoms with Crippen molar-refractivity contribution in [3.8, 4) is 0 Å². The molecule has 0 bridgehead atoms. The molecule has 80 valence electrons. The van der Waals surface area contributed by atoms with Crippen LogP contribution in [0.4, 0.5) is 0 Å². The van der Waals surface area contributed by atoms with Crippen molar-refractivity contribution < 1.29 is 4.74 Å². The Bertz CT molecular complexity index is 339. The maximum absolute atomic E-state index is 5.31. The van der Waals surface area contributed by atoms with Gasteiger partial charge in [-0.2, -0.15) is 0 Å². The molecule has 2 heterocycles. The molecule has 3 nitrogen and oxygen atoms in total. The van der Waals surface area contributed by atoms with Gasteiger partial charge in [0.1, 0.15) is 5.82 Å². The summed E-state index contributed by atoms with van der Waals surface area (Å²) in [6, 6.07) is 0. The summed E-state index contributed by atoms with van der Waals surface area (Å²) in [5, 5.41) is 0. The minimum Gasteiger partial charge on any atom is -0.381 e. The fraction of sp³-hybridized carbons (Fsp3) is 0.500. The van der Waals surface area contributed by atoms with E-state index in [4.69, 9.17) is 4.74 Å². The molecule has 0 unspecified atom stereocenters. The first-order valence-corrected chi connectivity index (χ1v) is 5.33. The Morgan fingerprint density at radius 3 is 2.47 bits per heavy atom. The maximum Gasteiger partial charge on any atom is 0.131 e. The van der Waals surface area contributed by atoms with Gasteiger partial charge in [0.25, 0.3) is 0 Å².